The Hall–Kier alpha value is -3.77. The number of hydrogen-bond acceptors (Lipinski definition) is 9. The van der Waals surface area contributed by atoms with Crippen LogP contribution in [0.5, 0.6) is 11.5 Å². The minimum atomic E-state index is -3.88. The van der Waals surface area contributed by atoms with Crippen LogP contribution in [0.15, 0.2) is 58.5 Å². The molecule has 2 atom stereocenters. The number of fused-ring (bicyclic) bond motifs is 3. The summed E-state index contributed by atoms with van der Waals surface area (Å²) in [6, 6.07) is 12.1. The van der Waals surface area contributed by atoms with Crippen LogP contribution in [0.2, 0.25) is 0 Å². The molecule has 3 aliphatic rings. The molecule has 1 aromatic heterocycles. The van der Waals surface area contributed by atoms with Crippen molar-refractivity contribution in [2.45, 2.75) is 29.9 Å². The maximum atomic E-state index is 13.9. The van der Waals surface area contributed by atoms with Crippen molar-refractivity contribution < 1.29 is 17.9 Å². The number of sulfonamides is 1. The van der Waals surface area contributed by atoms with Gasteiger partial charge in [-0.25, -0.2) is 8.42 Å². The van der Waals surface area contributed by atoms with E-state index in [-0.39, 0.29) is 23.4 Å². The molecule has 5 N–H and O–H groups in total. The van der Waals surface area contributed by atoms with Gasteiger partial charge >= 0.3 is 0 Å². The molecule has 0 saturated carbocycles. The number of nitrogens with one attached hydrogen (secondary N) is 1. The highest BCUT2D eigenvalue weighted by atomic mass is 32.2. The minimum absolute atomic E-state index is 0.147. The highest BCUT2D eigenvalue weighted by Crippen LogP contribution is 2.38. The largest absolute Gasteiger partial charge is 0.486 e. The van der Waals surface area contributed by atoms with Crippen molar-refractivity contribution in [3.05, 3.63) is 59.8 Å². The summed E-state index contributed by atoms with van der Waals surface area (Å²) >= 11 is 0. The number of ether oxygens (including phenoxy) is 2. The van der Waals surface area contributed by atoms with Crippen molar-refractivity contribution in [3.63, 3.8) is 0 Å². The second kappa shape index (κ2) is 8.17. The van der Waals surface area contributed by atoms with E-state index in [1.807, 2.05) is 29.2 Å². The van der Waals surface area contributed by atoms with Crippen LogP contribution in [0.4, 0.5) is 11.5 Å². The van der Waals surface area contributed by atoms with E-state index in [1.54, 1.807) is 18.3 Å². The van der Waals surface area contributed by atoms with E-state index in [0.717, 1.165) is 11.1 Å². The fraction of sp³-hybridized carbons (Fsp3) is 0.304. The molecule has 182 valence electrons. The molecule has 0 fully saturated rings. The number of aromatic nitrogens is 2. The van der Waals surface area contributed by atoms with Gasteiger partial charge in [-0.3, -0.25) is 9.40 Å². The number of benzene rings is 2. The molecule has 0 spiro atoms. The summed E-state index contributed by atoms with van der Waals surface area (Å²) in [4.78, 5) is 6.42. The number of guanidine groups is 1. The molecular formula is C23H25N7O4S. The number of aliphatic imine (C=N–C) groups is 1. The number of rotatable bonds is 3. The third-order valence-corrected chi connectivity index (χ3v) is 8.44. The first kappa shape index (κ1) is 21.7. The number of hydrogen-bond donors (Lipinski definition) is 3. The first-order valence-electron chi connectivity index (χ1n) is 11.3. The first-order valence-corrected chi connectivity index (χ1v) is 12.8. The molecule has 11 nitrogen and oxygen atoms in total. The average molecular weight is 496 g/mol. The predicted octanol–water partition coefficient (Wildman–Crippen LogP) is 1.61. The quantitative estimate of drug-likeness (QED) is 0.496. The van der Waals surface area contributed by atoms with Gasteiger partial charge in [-0.1, -0.05) is 18.2 Å². The van der Waals surface area contributed by atoms with Crippen LogP contribution in [0, 0.1) is 0 Å². The van der Waals surface area contributed by atoms with Crippen molar-refractivity contribution in [1.82, 2.24) is 15.1 Å². The van der Waals surface area contributed by atoms with E-state index in [2.05, 4.69) is 15.2 Å². The number of para-hydroxylation sites is 1. The van der Waals surface area contributed by atoms with E-state index in [0.29, 0.717) is 49.1 Å². The van der Waals surface area contributed by atoms with Gasteiger partial charge in [0.15, 0.2) is 23.3 Å². The fourth-order valence-corrected chi connectivity index (χ4v) is 6.47. The molecule has 35 heavy (non-hydrogen) atoms. The molecular weight excluding hydrogens is 470 g/mol. The molecule has 0 amide bonds. The average Bonchev–Trinajstić information content (AvgIpc) is 3.24. The fourth-order valence-electron chi connectivity index (χ4n) is 4.94. The van der Waals surface area contributed by atoms with Crippen LogP contribution in [-0.4, -0.2) is 55.3 Å². The third kappa shape index (κ3) is 3.56. The van der Waals surface area contributed by atoms with Crippen LogP contribution in [0.25, 0.3) is 0 Å². The lowest BCUT2D eigenvalue weighted by Gasteiger charge is -2.38. The summed E-state index contributed by atoms with van der Waals surface area (Å²) in [5, 5.41) is 6.84. The van der Waals surface area contributed by atoms with Crippen LogP contribution < -0.4 is 25.2 Å². The summed E-state index contributed by atoms with van der Waals surface area (Å²) in [5.74, 6) is 1.79. The van der Waals surface area contributed by atoms with Gasteiger partial charge in [0.1, 0.15) is 19.4 Å². The molecule has 6 rings (SSSR count). The van der Waals surface area contributed by atoms with E-state index in [4.69, 9.17) is 20.9 Å². The number of H-pyrrole nitrogens is 1. The first-order chi connectivity index (χ1) is 16.9. The second-order valence-corrected chi connectivity index (χ2v) is 10.5. The Bertz CT molecular complexity index is 1420. The molecule has 0 aliphatic carbocycles. The number of nitrogens with two attached hydrogens (primary N) is 2. The maximum Gasteiger partial charge on any atom is 0.264 e. The highest BCUT2D eigenvalue weighted by molar-refractivity contribution is 7.92. The zero-order valence-electron chi connectivity index (χ0n) is 18.8. The van der Waals surface area contributed by atoms with Gasteiger partial charge in [-0.15, -0.1) is 0 Å². The Kier molecular flexibility index (Phi) is 5.07. The molecule has 12 heteroatoms. The van der Waals surface area contributed by atoms with E-state index in [9.17, 15) is 8.42 Å². The Balaban J connectivity index is 1.36. The molecule has 2 aromatic carbocycles. The monoisotopic (exact) mass is 495 g/mol. The minimum Gasteiger partial charge on any atom is -0.486 e. The molecule has 4 heterocycles. The van der Waals surface area contributed by atoms with Crippen LogP contribution in [-0.2, 0) is 16.4 Å². The van der Waals surface area contributed by atoms with E-state index < -0.39 is 16.2 Å². The van der Waals surface area contributed by atoms with Crippen LogP contribution >= 0.6 is 0 Å². The Morgan fingerprint density at radius 1 is 1.09 bits per heavy atom. The lowest BCUT2D eigenvalue weighted by Crippen LogP contribution is -2.52. The zero-order valence-corrected chi connectivity index (χ0v) is 19.6. The van der Waals surface area contributed by atoms with Crippen LogP contribution in [0.3, 0.4) is 0 Å². The Labute approximate surface area is 202 Å². The normalized spacial score (nSPS) is 21.6. The molecule has 0 saturated heterocycles. The molecule has 0 radical (unpaired) electrons. The molecule has 3 aromatic rings. The van der Waals surface area contributed by atoms with Gasteiger partial charge in [-0.05, 0) is 36.6 Å². The van der Waals surface area contributed by atoms with Gasteiger partial charge in [0.25, 0.3) is 10.0 Å². The van der Waals surface area contributed by atoms with Crippen LogP contribution in [0.1, 0.15) is 23.7 Å². The lowest BCUT2D eigenvalue weighted by molar-refractivity contribution is 0.171. The van der Waals surface area contributed by atoms with Crippen molar-refractivity contribution >= 4 is 27.5 Å². The topological polar surface area (TPSA) is 152 Å². The number of aromatic amines is 1. The van der Waals surface area contributed by atoms with Gasteiger partial charge in [0.2, 0.25) is 0 Å². The summed E-state index contributed by atoms with van der Waals surface area (Å²) in [5.41, 5.74) is 15.1. The van der Waals surface area contributed by atoms with Crippen molar-refractivity contribution in [2.75, 3.05) is 24.1 Å². The van der Waals surface area contributed by atoms with Crippen molar-refractivity contribution in [3.8, 4) is 11.5 Å². The van der Waals surface area contributed by atoms with Gasteiger partial charge < -0.3 is 25.8 Å². The van der Waals surface area contributed by atoms with Crippen molar-refractivity contribution in [1.29, 1.82) is 0 Å². The highest BCUT2D eigenvalue weighted by Gasteiger charge is 2.37. The second-order valence-electron chi connectivity index (χ2n) is 8.65. The summed E-state index contributed by atoms with van der Waals surface area (Å²) < 4.78 is 40.3. The van der Waals surface area contributed by atoms with Gasteiger partial charge in [0.05, 0.1) is 22.3 Å². The summed E-state index contributed by atoms with van der Waals surface area (Å²) in [6.07, 6.45) is 2.15. The SMILES string of the molecule is NC1=Nc2[nH]ncc2C(N)N1C1CCN(S(=O)(=O)c2ccc3c(c2)OCCO3)c2ccccc2C1. The predicted molar refractivity (Wildman–Crippen MR) is 129 cm³/mol. The number of anilines is 1. The lowest BCUT2D eigenvalue weighted by atomic mass is 10.0. The van der Waals surface area contributed by atoms with Gasteiger partial charge in [0, 0.05) is 18.7 Å². The van der Waals surface area contributed by atoms with Crippen molar-refractivity contribution in [2.24, 2.45) is 16.5 Å². The third-order valence-electron chi connectivity index (χ3n) is 6.63. The van der Waals surface area contributed by atoms with E-state index >= 15 is 0 Å². The molecule has 3 aliphatic heterocycles. The maximum absolute atomic E-state index is 13.9. The standard InChI is InChI=1S/C23H25N7O4S/c24-21-17-13-26-28-22(17)27-23(25)30(21)15-7-8-29(18-4-2-1-3-14(18)11-15)35(31,32)16-5-6-19-20(12-16)34-10-9-33-19/h1-6,12-13,15,21H,7-11,24H2,(H3,25,26,27,28). The Morgan fingerprint density at radius 3 is 2.74 bits per heavy atom. The molecule has 2 unspecified atom stereocenters. The number of nitrogens with zero attached hydrogens (tertiary/aromatic N) is 4. The van der Waals surface area contributed by atoms with Gasteiger partial charge in [-0.2, -0.15) is 10.1 Å². The smallest absolute Gasteiger partial charge is 0.264 e. The van der Waals surface area contributed by atoms with E-state index in [1.165, 1.54) is 10.4 Å². The summed E-state index contributed by atoms with van der Waals surface area (Å²) in [7, 11) is -3.88. The zero-order chi connectivity index (χ0) is 24.2. The summed E-state index contributed by atoms with van der Waals surface area (Å²) in [6.45, 7) is 1.06. The Morgan fingerprint density at radius 2 is 1.89 bits per heavy atom. The molecule has 0 bridgehead atoms.